The lowest BCUT2D eigenvalue weighted by Crippen LogP contribution is -2.25. The fraction of sp³-hybridized carbons (Fsp3) is 0.357. The van der Waals surface area contributed by atoms with Crippen molar-refractivity contribution >= 4 is 28.6 Å². The van der Waals surface area contributed by atoms with Crippen molar-refractivity contribution < 1.29 is 9.90 Å². The highest BCUT2D eigenvalue weighted by atomic mass is 32.2. The molecule has 0 bridgehead atoms. The van der Waals surface area contributed by atoms with Crippen molar-refractivity contribution in [2.75, 3.05) is 24.7 Å². The number of aromatic amines is 1. The normalized spacial score (nSPS) is 10.8. The second kappa shape index (κ2) is 7.21. The quantitative estimate of drug-likeness (QED) is 0.679. The number of fused-ring (bicyclic) bond motifs is 1. The van der Waals surface area contributed by atoms with Gasteiger partial charge in [0.15, 0.2) is 0 Å². The van der Waals surface area contributed by atoms with Crippen LogP contribution in [0.25, 0.3) is 10.9 Å². The highest BCUT2D eigenvalue weighted by Crippen LogP contribution is 2.14. The van der Waals surface area contributed by atoms with Crippen LogP contribution in [0.5, 0.6) is 0 Å². The highest BCUT2D eigenvalue weighted by Gasteiger charge is 2.05. The first-order valence-corrected chi connectivity index (χ1v) is 7.50. The van der Waals surface area contributed by atoms with Gasteiger partial charge in [-0.3, -0.25) is 4.79 Å². The van der Waals surface area contributed by atoms with Crippen LogP contribution in [-0.2, 0) is 0 Å². The summed E-state index contributed by atoms with van der Waals surface area (Å²) in [5.41, 5.74) is 1.73. The molecule has 0 spiro atoms. The molecule has 0 saturated carbocycles. The Kier molecular flexibility index (Phi) is 5.30. The Morgan fingerprint density at radius 1 is 1.32 bits per heavy atom. The molecule has 2 rings (SSSR count). The Balaban J connectivity index is 1.79. The second-order valence-electron chi connectivity index (χ2n) is 4.23. The number of rotatable bonds is 7. The molecule has 0 fully saturated rings. The van der Waals surface area contributed by atoms with Gasteiger partial charge in [-0.25, -0.2) is 0 Å². The number of carbonyl (C=O) groups excluding carboxylic acids is 1. The van der Waals surface area contributed by atoms with Crippen LogP contribution < -0.4 is 5.32 Å². The smallest absolute Gasteiger partial charge is 0.251 e. The van der Waals surface area contributed by atoms with Gasteiger partial charge >= 0.3 is 0 Å². The van der Waals surface area contributed by atoms with E-state index in [1.165, 1.54) is 0 Å². The predicted molar refractivity (Wildman–Crippen MR) is 79.7 cm³/mol. The van der Waals surface area contributed by atoms with Crippen LogP contribution in [0.2, 0.25) is 0 Å². The van der Waals surface area contributed by atoms with E-state index in [4.69, 9.17) is 5.11 Å². The number of amides is 1. The minimum Gasteiger partial charge on any atom is -0.396 e. The molecular weight excluding hydrogens is 260 g/mol. The van der Waals surface area contributed by atoms with Gasteiger partial charge in [0, 0.05) is 41.6 Å². The minimum atomic E-state index is -0.0362. The lowest BCUT2D eigenvalue weighted by atomic mass is 10.1. The molecule has 1 aromatic heterocycles. The summed E-state index contributed by atoms with van der Waals surface area (Å²) in [7, 11) is 0. The number of aromatic nitrogens is 1. The lowest BCUT2D eigenvalue weighted by molar-refractivity contribution is 0.0956. The van der Waals surface area contributed by atoms with E-state index in [2.05, 4.69) is 10.3 Å². The minimum absolute atomic E-state index is 0.0362. The molecule has 0 aliphatic rings. The number of nitrogens with one attached hydrogen (secondary N) is 2. The zero-order valence-electron chi connectivity index (χ0n) is 10.7. The Labute approximate surface area is 116 Å². The molecule has 4 nitrogen and oxygen atoms in total. The molecule has 0 saturated heterocycles. The molecule has 102 valence electrons. The van der Waals surface area contributed by atoms with Crippen molar-refractivity contribution in [2.24, 2.45) is 0 Å². The van der Waals surface area contributed by atoms with Crippen molar-refractivity contribution in [3.05, 3.63) is 36.0 Å². The number of hydrogen-bond donors (Lipinski definition) is 3. The maximum atomic E-state index is 11.9. The third-order valence-electron chi connectivity index (χ3n) is 2.79. The van der Waals surface area contributed by atoms with Crippen molar-refractivity contribution in [1.82, 2.24) is 10.3 Å². The van der Waals surface area contributed by atoms with Gasteiger partial charge in [0.25, 0.3) is 5.91 Å². The summed E-state index contributed by atoms with van der Waals surface area (Å²) in [6.07, 6.45) is 2.67. The van der Waals surface area contributed by atoms with E-state index in [-0.39, 0.29) is 12.5 Å². The van der Waals surface area contributed by atoms with Crippen molar-refractivity contribution in [1.29, 1.82) is 0 Å². The Morgan fingerprint density at radius 3 is 3.05 bits per heavy atom. The van der Waals surface area contributed by atoms with Crippen LogP contribution in [-0.4, -0.2) is 40.7 Å². The summed E-state index contributed by atoms with van der Waals surface area (Å²) in [5.74, 6) is 1.77. The summed E-state index contributed by atoms with van der Waals surface area (Å²) in [6.45, 7) is 0.885. The number of thioether (sulfide) groups is 1. The third kappa shape index (κ3) is 4.01. The van der Waals surface area contributed by atoms with E-state index in [1.807, 2.05) is 30.5 Å². The average Bonchev–Trinajstić information content (AvgIpc) is 2.89. The van der Waals surface area contributed by atoms with Crippen LogP contribution in [0.15, 0.2) is 30.5 Å². The molecular formula is C14H18N2O2S. The topological polar surface area (TPSA) is 65.1 Å². The standard InChI is InChI=1S/C14H18N2O2S/c17-7-1-8-19-9-6-16-14(18)12-2-3-13-11(10-12)4-5-15-13/h2-5,10,15,17H,1,6-9H2,(H,16,18). The highest BCUT2D eigenvalue weighted by molar-refractivity contribution is 7.99. The molecule has 0 aliphatic carbocycles. The first-order chi connectivity index (χ1) is 9.31. The van der Waals surface area contributed by atoms with Gasteiger partial charge in [-0.1, -0.05) is 0 Å². The maximum Gasteiger partial charge on any atom is 0.251 e. The molecule has 0 radical (unpaired) electrons. The van der Waals surface area contributed by atoms with Crippen LogP contribution >= 0.6 is 11.8 Å². The van der Waals surface area contributed by atoms with Crippen LogP contribution in [0, 0.1) is 0 Å². The van der Waals surface area contributed by atoms with Gasteiger partial charge < -0.3 is 15.4 Å². The van der Waals surface area contributed by atoms with E-state index in [1.54, 1.807) is 11.8 Å². The van der Waals surface area contributed by atoms with Crippen molar-refractivity contribution in [3.63, 3.8) is 0 Å². The molecule has 3 N–H and O–H groups in total. The number of H-pyrrole nitrogens is 1. The van der Waals surface area contributed by atoms with E-state index in [9.17, 15) is 4.79 Å². The van der Waals surface area contributed by atoms with Crippen LogP contribution in [0.4, 0.5) is 0 Å². The third-order valence-corrected chi connectivity index (χ3v) is 3.86. The van der Waals surface area contributed by atoms with E-state index < -0.39 is 0 Å². The predicted octanol–water partition coefficient (Wildman–Crippen LogP) is 2.01. The van der Waals surface area contributed by atoms with Gasteiger partial charge in [0.05, 0.1) is 0 Å². The Hall–Kier alpha value is -1.46. The maximum absolute atomic E-state index is 11.9. The average molecular weight is 278 g/mol. The van der Waals surface area contributed by atoms with Gasteiger partial charge in [-0.2, -0.15) is 11.8 Å². The van der Waals surface area contributed by atoms with Gasteiger partial charge in [-0.15, -0.1) is 0 Å². The van der Waals surface area contributed by atoms with Gasteiger partial charge in [-0.05, 0) is 36.4 Å². The number of benzene rings is 1. The fourth-order valence-electron chi connectivity index (χ4n) is 1.80. The molecule has 0 aliphatic heterocycles. The monoisotopic (exact) mass is 278 g/mol. The van der Waals surface area contributed by atoms with E-state index >= 15 is 0 Å². The van der Waals surface area contributed by atoms with Crippen LogP contribution in [0.1, 0.15) is 16.8 Å². The number of aliphatic hydroxyl groups excluding tert-OH is 1. The zero-order valence-corrected chi connectivity index (χ0v) is 11.5. The second-order valence-corrected chi connectivity index (χ2v) is 5.45. The number of aliphatic hydroxyl groups is 1. The van der Waals surface area contributed by atoms with E-state index in [0.717, 1.165) is 28.8 Å². The summed E-state index contributed by atoms with van der Waals surface area (Å²) >= 11 is 1.74. The molecule has 19 heavy (non-hydrogen) atoms. The Morgan fingerprint density at radius 2 is 2.21 bits per heavy atom. The summed E-state index contributed by atoms with van der Waals surface area (Å²) < 4.78 is 0. The number of carbonyl (C=O) groups is 1. The van der Waals surface area contributed by atoms with E-state index in [0.29, 0.717) is 12.1 Å². The molecule has 0 unspecified atom stereocenters. The molecule has 1 heterocycles. The Bertz CT molecular complexity index is 539. The van der Waals surface area contributed by atoms with Crippen molar-refractivity contribution in [3.8, 4) is 0 Å². The molecule has 2 aromatic rings. The first-order valence-electron chi connectivity index (χ1n) is 6.35. The van der Waals surface area contributed by atoms with Gasteiger partial charge in [0.2, 0.25) is 0 Å². The zero-order chi connectivity index (χ0) is 13.5. The molecule has 1 aromatic carbocycles. The SMILES string of the molecule is O=C(NCCSCCCO)c1ccc2[nH]ccc2c1. The van der Waals surface area contributed by atoms with Crippen LogP contribution in [0.3, 0.4) is 0 Å². The summed E-state index contributed by atoms with van der Waals surface area (Å²) in [5, 5.41) is 12.6. The van der Waals surface area contributed by atoms with Crippen molar-refractivity contribution in [2.45, 2.75) is 6.42 Å². The van der Waals surface area contributed by atoms with Gasteiger partial charge in [0.1, 0.15) is 0 Å². The molecule has 1 amide bonds. The largest absolute Gasteiger partial charge is 0.396 e. The fourth-order valence-corrected chi connectivity index (χ4v) is 2.59. The number of hydrogen-bond acceptors (Lipinski definition) is 3. The summed E-state index contributed by atoms with van der Waals surface area (Å²) in [6, 6.07) is 7.59. The molecule has 0 atom stereocenters. The summed E-state index contributed by atoms with van der Waals surface area (Å²) in [4.78, 5) is 15.0. The molecule has 5 heteroatoms. The lowest BCUT2D eigenvalue weighted by Gasteiger charge is -2.05. The first kappa shape index (κ1) is 14.0.